The van der Waals surface area contributed by atoms with Crippen molar-refractivity contribution in [2.24, 2.45) is 0 Å². The molecule has 1 N–H and O–H groups in total. The molecule has 1 aliphatic carbocycles. The summed E-state index contributed by atoms with van der Waals surface area (Å²) < 4.78 is 6.28. The molecule has 0 radical (unpaired) electrons. The van der Waals surface area contributed by atoms with E-state index in [-0.39, 0.29) is 0 Å². The van der Waals surface area contributed by atoms with Gasteiger partial charge in [-0.3, -0.25) is 0 Å². The van der Waals surface area contributed by atoms with Crippen LogP contribution in [0.15, 0.2) is 24.3 Å². The fourth-order valence-corrected chi connectivity index (χ4v) is 4.58. The third-order valence-corrected chi connectivity index (χ3v) is 5.82. The van der Waals surface area contributed by atoms with Gasteiger partial charge in [-0.2, -0.15) is 0 Å². The molecule has 24 heavy (non-hydrogen) atoms. The molecule has 0 spiro atoms. The minimum Gasteiger partial charge on any atom is -0.489 e. The number of benzene rings is 2. The fraction of sp³-hybridized carbons (Fsp3) is 0.381. The van der Waals surface area contributed by atoms with Gasteiger partial charge in [0, 0.05) is 11.5 Å². The maximum absolute atomic E-state index is 11.7. The molecule has 2 atom stereocenters. The molecule has 3 heteroatoms. The molecular formula is C21H22O3. The second-order valence-corrected chi connectivity index (χ2v) is 7.04. The van der Waals surface area contributed by atoms with E-state index in [0.29, 0.717) is 17.6 Å². The summed E-state index contributed by atoms with van der Waals surface area (Å²) in [7, 11) is 0. The molecule has 3 nitrogen and oxygen atoms in total. The highest BCUT2D eigenvalue weighted by Gasteiger charge is 2.41. The first-order chi connectivity index (χ1) is 11.5. The number of hydrogen-bond donors (Lipinski definition) is 1. The molecule has 2 aromatic rings. The van der Waals surface area contributed by atoms with Crippen LogP contribution >= 0.6 is 0 Å². The van der Waals surface area contributed by atoms with E-state index in [0.717, 1.165) is 34.4 Å². The predicted octanol–water partition coefficient (Wildman–Crippen LogP) is 5.01. The zero-order valence-corrected chi connectivity index (χ0v) is 14.3. The summed E-state index contributed by atoms with van der Waals surface area (Å²) in [4.78, 5) is 11.7. The monoisotopic (exact) mass is 322 g/mol. The quantitative estimate of drug-likeness (QED) is 0.846. The van der Waals surface area contributed by atoms with E-state index in [1.165, 1.54) is 24.0 Å². The van der Waals surface area contributed by atoms with Crippen molar-refractivity contribution in [2.75, 3.05) is 0 Å². The third-order valence-electron chi connectivity index (χ3n) is 5.82. The minimum absolute atomic E-state index is 0.307. The molecule has 0 saturated heterocycles. The lowest BCUT2D eigenvalue weighted by Gasteiger charge is -2.20. The van der Waals surface area contributed by atoms with Crippen molar-refractivity contribution in [3.8, 4) is 16.9 Å². The lowest BCUT2D eigenvalue weighted by atomic mass is 9.83. The Hall–Kier alpha value is -2.29. The highest BCUT2D eigenvalue weighted by molar-refractivity contribution is 5.97. The Morgan fingerprint density at radius 2 is 1.83 bits per heavy atom. The van der Waals surface area contributed by atoms with E-state index < -0.39 is 5.97 Å². The number of fused-ring (bicyclic) bond motifs is 3. The Labute approximate surface area is 142 Å². The van der Waals surface area contributed by atoms with Crippen LogP contribution < -0.4 is 4.74 Å². The van der Waals surface area contributed by atoms with Crippen LogP contribution in [0, 0.1) is 20.8 Å². The van der Waals surface area contributed by atoms with Gasteiger partial charge in [-0.15, -0.1) is 0 Å². The zero-order chi connectivity index (χ0) is 17.0. The first-order valence-electron chi connectivity index (χ1n) is 8.63. The summed E-state index contributed by atoms with van der Waals surface area (Å²) in [5.41, 5.74) is 7.03. The Morgan fingerprint density at radius 1 is 1.08 bits per heavy atom. The number of carboxylic acid groups (broad SMARTS) is 1. The summed E-state index contributed by atoms with van der Waals surface area (Å²) in [6.07, 6.45) is 3.81. The predicted molar refractivity (Wildman–Crippen MR) is 94.1 cm³/mol. The zero-order valence-electron chi connectivity index (χ0n) is 14.3. The van der Waals surface area contributed by atoms with Gasteiger partial charge in [0.1, 0.15) is 11.9 Å². The van der Waals surface area contributed by atoms with Gasteiger partial charge in [0.25, 0.3) is 0 Å². The van der Waals surface area contributed by atoms with Gasteiger partial charge < -0.3 is 9.84 Å². The van der Waals surface area contributed by atoms with Gasteiger partial charge in [-0.05, 0) is 73.9 Å². The maximum Gasteiger partial charge on any atom is 0.336 e. The smallest absolute Gasteiger partial charge is 0.336 e. The van der Waals surface area contributed by atoms with Crippen molar-refractivity contribution in [3.63, 3.8) is 0 Å². The van der Waals surface area contributed by atoms with E-state index in [2.05, 4.69) is 20.8 Å². The lowest BCUT2D eigenvalue weighted by molar-refractivity contribution is 0.0697. The number of rotatable bonds is 2. The largest absolute Gasteiger partial charge is 0.489 e. The average Bonchev–Trinajstić information content (AvgIpc) is 3.14. The summed E-state index contributed by atoms with van der Waals surface area (Å²) in [6.45, 7) is 6.30. The molecule has 1 heterocycles. The average molecular weight is 322 g/mol. The van der Waals surface area contributed by atoms with Crippen molar-refractivity contribution in [2.45, 2.75) is 52.1 Å². The first kappa shape index (κ1) is 15.3. The number of ether oxygens (including phenoxy) is 1. The standard InChI is InChI=1S/C21H22O3/c1-11-12(2)20-19(16-9-6-10-17(16)24-20)13(3)18(11)14-7-4-5-8-15(14)21(22)23/h4-5,7-8,16-17H,6,9-10H2,1-3H3,(H,22,23)/t16-,17+/m1/s1. The summed E-state index contributed by atoms with van der Waals surface area (Å²) >= 11 is 0. The molecule has 2 aromatic carbocycles. The molecule has 1 saturated carbocycles. The maximum atomic E-state index is 11.7. The first-order valence-corrected chi connectivity index (χ1v) is 8.63. The Bertz CT molecular complexity index is 851. The normalized spacial score (nSPS) is 21.3. The Kier molecular flexibility index (Phi) is 3.41. The summed E-state index contributed by atoms with van der Waals surface area (Å²) in [5, 5.41) is 9.60. The van der Waals surface area contributed by atoms with Crippen molar-refractivity contribution < 1.29 is 14.6 Å². The SMILES string of the molecule is Cc1c(C)c(-c2ccccc2C(=O)O)c(C)c2c1O[C@H]1CCC[C@@H]21. The number of hydrogen-bond acceptors (Lipinski definition) is 2. The van der Waals surface area contributed by atoms with Crippen molar-refractivity contribution >= 4 is 5.97 Å². The molecule has 2 aliphatic rings. The second kappa shape index (κ2) is 5.37. The lowest BCUT2D eigenvalue weighted by Crippen LogP contribution is -2.11. The summed E-state index contributed by atoms with van der Waals surface area (Å²) in [6, 6.07) is 7.31. The van der Waals surface area contributed by atoms with Crippen LogP contribution in [0.2, 0.25) is 0 Å². The number of carboxylic acids is 1. The van der Waals surface area contributed by atoms with E-state index in [4.69, 9.17) is 4.74 Å². The van der Waals surface area contributed by atoms with Gasteiger partial charge >= 0.3 is 5.97 Å². The minimum atomic E-state index is -0.877. The topological polar surface area (TPSA) is 46.5 Å². The van der Waals surface area contributed by atoms with Crippen LogP contribution in [-0.4, -0.2) is 17.2 Å². The van der Waals surface area contributed by atoms with Gasteiger partial charge in [-0.25, -0.2) is 4.79 Å². The Balaban J connectivity index is 2.01. The fourth-order valence-electron chi connectivity index (χ4n) is 4.58. The molecule has 4 rings (SSSR count). The van der Waals surface area contributed by atoms with Crippen molar-refractivity contribution in [1.29, 1.82) is 0 Å². The van der Waals surface area contributed by atoms with Crippen LogP contribution in [0.4, 0.5) is 0 Å². The highest BCUT2D eigenvalue weighted by atomic mass is 16.5. The molecule has 0 bridgehead atoms. The second-order valence-electron chi connectivity index (χ2n) is 7.04. The van der Waals surface area contributed by atoms with Crippen LogP contribution in [0.25, 0.3) is 11.1 Å². The van der Waals surface area contributed by atoms with Gasteiger partial charge in [0.2, 0.25) is 0 Å². The van der Waals surface area contributed by atoms with Gasteiger partial charge in [0.15, 0.2) is 0 Å². The molecule has 0 amide bonds. The van der Waals surface area contributed by atoms with E-state index >= 15 is 0 Å². The van der Waals surface area contributed by atoms with Crippen LogP contribution in [0.1, 0.15) is 57.8 Å². The van der Waals surface area contributed by atoms with Crippen molar-refractivity contribution in [1.82, 2.24) is 0 Å². The molecule has 124 valence electrons. The van der Waals surface area contributed by atoms with Crippen LogP contribution in [0.5, 0.6) is 5.75 Å². The highest BCUT2D eigenvalue weighted by Crippen LogP contribution is 2.53. The molecular weight excluding hydrogens is 300 g/mol. The van der Waals surface area contributed by atoms with E-state index in [1.807, 2.05) is 12.1 Å². The Morgan fingerprint density at radius 3 is 2.58 bits per heavy atom. The van der Waals surface area contributed by atoms with E-state index in [1.54, 1.807) is 12.1 Å². The molecule has 0 aromatic heterocycles. The number of aromatic carboxylic acids is 1. The van der Waals surface area contributed by atoms with Gasteiger partial charge in [-0.1, -0.05) is 18.2 Å². The molecule has 1 fully saturated rings. The van der Waals surface area contributed by atoms with Crippen LogP contribution in [-0.2, 0) is 0 Å². The van der Waals surface area contributed by atoms with Crippen LogP contribution in [0.3, 0.4) is 0 Å². The summed E-state index contributed by atoms with van der Waals surface area (Å²) in [5.74, 6) is 0.642. The molecule has 1 aliphatic heterocycles. The van der Waals surface area contributed by atoms with E-state index in [9.17, 15) is 9.90 Å². The molecule has 0 unspecified atom stereocenters. The number of carbonyl (C=O) groups is 1. The van der Waals surface area contributed by atoms with Gasteiger partial charge in [0.05, 0.1) is 5.56 Å². The third kappa shape index (κ3) is 2.00. The van der Waals surface area contributed by atoms with Crippen molar-refractivity contribution in [3.05, 3.63) is 52.1 Å².